The lowest BCUT2D eigenvalue weighted by Gasteiger charge is -2.21. The van der Waals surface area contributed by atoms with Crippen molar-refractivity contribution in [2.45, 2.75) is 57.1 Å². The van der Waals surface area contributed by atoms with E-state index in [2.05, 4.69) is 5.32 Å². The zero-order valence-electron chi connectivity index (χ0n) is 12.4. The quantitative estimate of drug-likeness (QED) is 0.593. The molecule has 0 heterocycles. The van der Waals surface area contributed by atoms with Gasteiger partial charge in [-0.25, -0.2) is 8.42 Å². The van der Waals surface area contributed by atoms with Gasteiger partial charge in [0.2, 0.25) is 5.91 Å². The first-order valence-corrected chi connectivity index (χ1v) is 8.68. The minimum absolute atomic E-state index is 0.194. The van der Waals surface area contributed by atoms with Crippen LogP contribution >= 0.6 is 0 Å². The molecule has 0 rings (SSSR count). The summed E-state index contributed by atoms with van der Waals surface area (Å²) >= 11 is 0. The Kier molecular flexibility index (Phi) is 7.78. The average molecular weight is 307 g/mol. The molecule has 20 heavy (non-hydrogen) atoms. The van der Waals surface area contributed by atoms with Crippen LogP contribution in [-0.2, 0) is 19.4 Å². The fourth-order valence-corrected chi connectivity index (χ4v) is 1.92. The van der Waals surface area contributed by atoms with Gasteiger partial charge in [-0.05, 0) is 26.7 Å². The highest BCUT2D eigenvalue weighted by atomic mass is 32.2. The van der Waals surface area contributed by atoms with Gasteiger partial charge in [0.25, 0.3) is 0 Å². The number of rotatable bonds is 10. The van der Waals surface area contributed by atoms with Crippen molar-refractivity contribution in [3.05, 3.63) is 0 Å². The maximum atomic E-state index is 11.8. The molecule has 0 unspecified atom stereocenters. The first kappa shape index (κ1) is 18.9. The van der Waals surface area contributed by atoms with E-state index in [1.807, 2.05) is 0 Å². The molecule has 7 heteroatoms. The van der Waals surface area contributed by atoms with Gasteiger partial charge in [-0.3, -0.25) is 9.59 Å². The van der Waals surface area contributed by atoms with Crippen LogP contribution in [-0.4, -0.2) is 42.9 Å². The molecular weight excluding hydrogens is 282 g/mol. The summed E-state index contributed by atoms with van der Waals surface area (Å²) in [6.07, 6.45) is 5.34. The third-order valence-electron chi connectivity index (χ3n) is 3.33. The van der Waals surface area contributed by atoms with E-state index in [1.54, 1.807) is 0 Å². The minimum atomic E-state index is -3.43. The SMILES string of the molecule is CC(C)(C(=O)NCCCCCCCC(=O)O)S(C)(=O)=O. The number of unbranched alkanes of at least 4 members (excludes halogenated alkanes) is 4. The van der Waals surface area contributed by atoms with Crippen molar-refractivity contribution >= 4 is 21.7 Å². The molecule has 1 amide bonds. The van der Waals surface area contributed by atoms with Crippen molar-refractivity contribution in [1.82, 2.24) is 5.32 Å². The third-order valence-corrected chi connectivity index (χ3v) is 5.37. The van der Waals surface area contributed by atoms with Crippen LogP contribution in [0.4, 0.5) is 0 Å². The van der Waals surface area contributed by atoms with Crippen LogP contribution in [0.3, 0.4) is 0 Å². The fourth-order valence-electron chi connectivity index (χ4n) is 1.51. The maximum Gasteiger partial charge on any atom is 0.303 e. The average Bonchev–Trinajstić information content (AvgIpc) is 2.30. The van der Waals surface area contributed by atoms with Gasteiger partial charge in [0, 0.05) is 19.2 Å². The Morgan fingerprint density at radius 3 is 2.05 bits per heavy atom. The van der Waals surface area contributed by atoms with E-state index < -0.39 is 26.5 Å². The van der Waals surface area contributed by atoms with Crippen molar-refractivity contribution < 1.29 is 23.1 Å². The Hall–Kier alpha value is -1.11. The monoisotopic (exact) mass is 307 g/mol. The Morgan fingerprint density at radius 2 is 1.55 bits per heavy atom. The summed E-state index contributed by atoms with van der Waals surface area (Å²) < 4.78 is 21.5. The molecule has 0 aliphatic carbocycles. The van der Waals surface area contributed by atoms with E-state index in [-0.39, 0.29) is 6.42 Å². The number of amides is 1. The van der Waals surface area contributed by atoms with E-state index in [0.29, 0.717) is 13.0 Å². The van der Waals surface area contributed by atoms with Gasteiger partial charge in [0.05, 0.1) is 0 Å². The van der Waals surface area contributed by atoms with Crippen LogP contribution in [0.15, 0.2) is 0 Å². The number of aliphatic carboxylic acids is 1. The predicted molar refractivity (Wildman–Crippen MR) is 77.3 cm³/mol. The normalized spacial score (nSPS) is 12.2. The molecule has 0 aromatic carbocycles. The largest absolute Gasteiger partial charge is 0.481 e. The summed E-state index contributed by atoms with van der Waals surface area (Å²) in [6, 6.07) is 0. The third kappa shape index (κ3) is 6.88. The topological polar surface area (TPSA) is 101 Å². The van der Waals surface area contributed by atoms with Crippen molar-refractivity contribution in [2.75, 3.05) is 12.8 Å². The second-order valence-electron chi connectivity index (χ2n) is 5.45. The summed E-state index contributed by atoms with van der Waals surface area (Å²) in [6.45, 7) is 3.23. The highest BCUT2D eigenvalue weighted by molar-refractivity contribution is 7.92. The lowest BCUT2D eigenvalue weighted by atomic mass is 10.1. The molecule has 0 aromatic rings. The molecule has 0 bridgehead atoms. The molecule has 0 fully saturated rings. The lowest BCUT2D eigenvalue weighted by Crippen LogP contribution is -2.47. The Bertz CT molecular complexity index is 428. The second-order valence-corrected chi connectivity index (χ2v) is 8.01. The Morgan fingerprint density at radius 1 is 1.05 bits per heavy atom. The van der Waals surface area contributed by atoms with Gasteiger partial charge in [0.15, 0.2) is 9.84 Å². The number of hydrogen-bond donors (Lipinski definition) is 2. The van der Waals surface area contributed by atoms with E-state index in [9.17, 15) is 18.0 Å². The highest BCUT2D eigenvalue weighted by Crippen LogP contribution is 2.15. The molecule has 0 spiro atoms. The smallest absolute Gasteiger partial charge is 0.303 e. The molecule has 6 nitrogen and oxygen atoms in total. The van der Waals surface area contributed by atoms with E-state index in [0.717, 1.165) is 31.9 Å². The zero-order chi connectivity index (χ0) is 15.8. The Balaban J connectivity index is 3.76. The molecule has 0 saturated heterocycles. The first-order valence-electron chi connectivity index (χ1n) is 6.78. The van der Waals surface area contributed by atoms with Crippen LogP contribution in [0, 0.1) is 0 Å². The summed E-state index contributed by atoms with van der Waals surface area (Å²) in [4.78, 5) is 22.1. The standard InChI is InChI=1S/C13H25NO5S/c1-13(2,20(3,18)19)12(17)14-10-8-6-4-5-7-9-11(15)16/h4-10H2,1-3H3,(H,14,17)(H,15,16). The van der Waals surface area contributed by atoms with Crippen LogP contribution in [0.5, 0.6) is 0 Å². The van der Waals surface area contributed by atoms with Crippen molar-refractivity contribution in [3.8, 4) is 0 Å². The molecule has 0 aliphatic rings. The van der Waals surface area contributed by atoms with Gasteiger partial charge in [-0.1, -0.05) is 19.3 Å². The van der Waals surface area contributed by atoms with E-state index >= 15 is 0 Å². The van der Waals surface area contributed by atoms with Gasteiger partial charge < -0.3 is 10.4 Å². The number of carboxylic acids is 1. The van der Waals surface area contributed by atoms with Gasteiger partial charge >= 0.3 is 5.97 Å². The van der Waals surface area contributed by atoms with Crippen molar-refractivity contribution in [2.24, 2.45) is 0 Å². The summed E-state index contributed by atoms with van der Waals surface area (Å²) in [5.41, 5.74) is 0. The van der Waals surface area contributed by atoms with Crippen LogP contribution in [0.25, 0.3) is 0 Å². The Labute approximate surface area is 120 Å². The zero-order valence-corrected chi connectivity index (χ0v) is 13.3. The lowest BCUT2D eigenvalue weighted by molar-refractivity contribution is -0.137. The second kappa shape index (κ2) is 8.24. The van der Waals surface area contributed by atoms with Gasteiger partial charge in [0.1, 0.15) is 4.75 Å². The van der Waals surface area contributed by atoms with Crippen molar-refractivity contribution in [1.29, 1.82) is 0 Å². The first-order chi connectivity index (χ1) is 9.09. The fraction of sp³-hybridized carbons (Fsp3) is 0.846. The molecule has 0 atom stereocenters. The molecule has 0 aromatic heterocycles. The summed E-state index contributed by atoms with van der Waals surface area (Å²) in [7, 11) is -3.43. The van der Waals surface area contributed by atoms with E-state index in [4.69, 9.17) is 5.11 Å². The summed E-state index contributed by atoms with van der Waals surface area (Å²) in [5.74, 6) is -1.26. The molecular formula is C13H25NO5S. The van der Waals surface area contributed by atoms with Crippen LogP contribution < -0.4 is 5.32 Å². The number of carbonyl (C=O) groups excluding carboxylic acids is 1. The molecule has 0 radical (unpaired) electrons. The summed E-state index contributed by atoms with van der Waals surface area (Å²) in [5, 5.41) is 11.1. The van der Waals surface area contributed by atoms with Crippen LogP contribution in [0.1, 0.15) is 52.4 Å². The molecule has 0 aliphatic heterocycles. The maximum absolute atomic E-state index is 11.8. The van der Waals surface area contributed by atoms with Gasteiger partial charge in [-0.15, -0.1) is 0 Å². The highest BCUT2D eigenvalue weighted by Gasteiger charge is 2.37. The van der Waals surface area contributed by atoms with Crippen LogP contribution in [0.2, 0.25) is 0 Å². The minimum Gasteiger partial charge on any atom is -0.481 e. The number of carbonyl (C=O) groups is 2. The number of sulfone groups is 1. The number of hydrogen-bond acceptors (Lipinski definition) is 4. The predicted octanol–water partition coefficient (Wildman–Crippen LogP) is 1.35. The molecule has 2 N–H and O–H groups in total. The molecule has 0 saturated carbocycles. The number of carboxylic acid groups (broad SMARTS) is 1. The number of nitrogens with one attached hydrogen (secondary N) is 1. The molecule has 118 valence electrons. The van der Waals surface area contributed by atoms with E-state index in [1.165, 1.54) is 13.8 Å². The van der Waals surface area contributed by atoms with Crippen molar-refractivity contribution in [3.63, 3.8) is 0 Å². The van der Waals surface area contributed by atoms with Gasteiger partial charge in [-0.2, -0.15) is 0 Å².